The van der Waals surface area contributed by atoms with Crippen molar-refractivity contribution >= 4 is 11.6 Å². The Morgan fingerprint density at radius 1 is 1.00 bits per heavy atom. The second-order valence-electron chi connectivity index (χ2n) is 4.15. The van der Waals surface area contributed by atoms with Crippen LogP contribution in [-0.2, 0) is 0 Å². The summed E-state index contributed by atoms with van der Waals surface area (Å²) in [5, 5.41) is 7.23. The quantitative estimate of drug-likeness (QED) is 0.813. The summed E-state index contributed by atoms with van der Waals surface area (Å²) in [6, 6.07) is 0. The number of benzene rings is 1. The first-order chi connectivity index (χ1) is 7.99. The first kappa shape index (κ1) is 14.3. The standard InChI is InChI=1S/C13H21ClN2O/c1-7-8(2)12(17-6)10(9(3)11(7)14)13(15-4)16-5/h13,15-16H,1-6H3. The minimum absolute atomic E-state index is 0.0294. The Morgan fingerprint density at radius 3 is 1.94 bits per heavy atom. The van der Waals surface area contributed by atoms with Crippen LogP contribution in [0.3, 0.4) is 0 Å². The topological polar surface area (TPSA) is 33.3 Å². The third kappa shape index (κ3) is 2.41. The Kier molecular flexibility index (Phi) is 4.80. The predicted octanol–water partition coefficient (Wildman–Crippen LogP) is 2.71. The van der Waals surface area contributed by atoms with Gasteiger partial charge in [-0.2, -0.15) is 0 Å². The summed E-state index contributed by atoms with van der Waals surface area (Å²) >= 11 is 6.36. The van der Waals surface area contributed by atoms with E-state index in [1.54, 1.807) is 7.11 Å². The van der Waals surface area contributed by atoms with Crippen molar-refractivity contribution in [2.75, 3.05) is 21.2 Å². The molecule has 0 unspecified atom stereocenters. The van der Waals surface area contributed by atoms with Crippen LogP contribution in [0.25, 0.3) is 0 Å². The molecule has 4 heteroatoms. The van der Waals surface area contributed by atoms with Crippen molar-refractivity contribution in [2.24, 2.45) is 0 Å². The van der Waals surface area contributed by atoms with Gasteiger partial charge in [-0.25, -0.2) is 0 Å². The first-order valence-corrected chi connectivity index (χ1v) is 6.05. The Hall–Kier alpha value is -0.770. The van der Waals surface area contributed by atoms with Crippen LogP contribution >= 0.6 is 11.6 Å². The zero-order valence-electron chi connectivity index (χ0n) is 11.4. The molecule has 0 spiro atoms. The SMILES string of the molecule is CNC(NC)c1c(C)c(Cl)c(C)c(C)c1OC. The van der Waals surface area contributed by atoms with E-state index >= 15 is 0 Å². The molecule has 0 radical (unpaired) electrons. The lowest BCUT2D eigenvalue weighted by Crippen LogP contribution is -2.30. The molecular formula is C13H21ClN2O. The summed E-state index contributed by atoms with van der Waals surface area (Å²) in [4.78, 5) is 0. The maximum atomic E-state index is 6.36. The molecule has 0 fully saturated rings. The number of rotatable bonds is 4. The first-order valence-electron chi connectivity index (χ1n) is 5.67. The fourth-order valence-corrected chi connectivity index (χ4v) is 2.39. The van der Waals surface area contributed by atoms with Crippen molar-refractivity contribution in [1.29, 1.82) is 0 Å². The molecule has 0 atom stereocenters. The average Bonchev–Trinajstić information content (AvgIpc) is 2.34. The van der Waals surface area contributed by atoms with E-state index in [1.807, 2.05) is 34.9 Å². The van der Waals surface area contributed by atoms with Crippen LogP contribution in [0.4, 0.5) is 0 Å². The molecule has 96 valence electrons. The van der Waals surface area contributed by atoms with Crippen molar-refractivity contribution in [3.63, 3.8) is 0 Å². The Bertz CT molecular complexity index is 415. The number of nitrogens with one attached hydrogen (secondary N) is 2. The fourth-order valence-electron chi connectivity index (χ4n) is 2.15. The summed E-state index contributed by atoms with van der Waals surface area (Å²) in [5.41, 5.74) is 4.30. The maximum Gasteiger partial charge on any atom is 0.128 e. The van der Waals surface area contributed by atoms with Gasteiger partial charge in [-0.3, -0.25) is 0 Å². The zero-order chi connectivity index (χ0) is 13.2. The Balaban J connectivity index is 3.56. The summed E-state index contributed by atoms with van der Waals surface area (Å²) in [7, 11) is 5.51. The van der Waals surface area contributed by atoms with Gasteiger partial charge in [0.05, 0.1) is 13.3 Å². The lowest BCUT2D eigenvalue weighted by molar-refractivity contribution is 0.391. The van der Waals surface area contributed by atoms with Crippen LogP contribution in [0.5, 0.6) is 5.75 Å². The van der Waals surface area contributed by atoms with E-state index < -0.39 is 0 Å². The van der Waals surface area contributed by atoms with Crippen LogP contribution in [-0.4, -0.2) is 21.2 Å². The highest BCUT2D eigenvalue weighted by molar-refractivity contribution is 6.32. The highest BCUT2D eigenvalue weighted by atomic mass is 35.5. The van der Waals surface area contributed by atoms with Gasteiger partial charge in [0.1, 0.15) is 5.75 Å². The molecule has 17 heavy (non-hydrogen) atoms. The van der Waals surface area contributed by atoms with E-state index in [9.17, 15) is 0 Å². The third-order valence-electron chi connectivity index (χ3n) is 3.28. The smallest absolute Gasteiger partial charge is 0.128 e. The van der Waals surface area contributed by atoms with Gasteiger partial charge >= 0.3 is 0 Å². The molecule has 0 saturated carbocycles. The van der Waals surface area contributed by atoms with E-state index in [-0.39, 0.29) is 6.17 Å². The number of methoxy groups -OCH3 is 1. The van der Waals surface area contributed by atoms with Gasteiger partial charge in [0.25, 0.3) is 0 Å². The van der Waals surface area contributed by atoms with Crippen molar-refractivity contribution in [1.82, 2.24) is 10.6 Å². The summed E-state index contributed by atoms with van der Waals surface area (Å²) in [6.45, 7) is 6.07. The molecule has 3 nitrogen and oxygen atoms in total. The molecular weight excluding hydrogens is 236 g/mol. The number of hydrogen-bond acceptors (Lipinski definition) is 3. The van der Waals surface area contributed by atoms with Gasteiger partial charge in [-0.05, 0) is 51.6 Å². The van der Waals surface area contributed by atoms with Gasteiger partial charge < -0.3 is 15.4 Å². The second kappa shape index (κ2) is 5.71. The third-order valence-corrected chi connectivity index (χ3v) is 3.85. The number of hydrogen-bond donors (Lipinski definition) is 2. The average molecular weight is 257 g/mol. The van der Waals surface area contributed by atoms with E-state index in [0.717, 1.165) is 33.0 Å². The molecule has 0 heterocycles. The van der Waals surface area contributed by atoms with E-state index in [1.165, 1.54) is 0 Å². The maximum absolute atomic E-state index is 6.36. The van der Waals surface area contributed by atoms with Crippen molar-refractivity contribution in [2.45, 2.75) is 26.9 Å². The predicted molar refractivity (Wildman–Crippen MR) is 73.1 cm³/mol. The second-order valence-corrected chi connectivity index (χ2v) is 4.52. The normalized spacial score (nSPS) is 11.1. The lowest BCUT2D eigenvalue weighted by Gasteiger charge is -2.24. The van der Waals surface area contributed by atoms with Gasteiger partial charge in [0.15, 0.2) is 0 Å². The van der Waals surface area contributed by atoms with Crippen LogP contribution in [0.2, 0.25) is 5.02 Å². The van der Waals surface area contributed by atoms with Crippen LogP contribution in [0.15, 0.2) is 0 Å². The molecule has 1 rings (SSSR count). The van der Waals surface area contributed by atoms with Gasteiger partial charge in [-0.1, -0.05) is 11.6 Å². The number of halogens is 1. The minimum Gasteiger partial charge on any atom is -0.496 e. The lowest BCUT2D eigenvalue weighted by atomic mass is 9.96. The van der Waals surface area contributed by atoms with E-state index in [0.29, 0.717) is 0 Å². The van der Waals surface area contributed by atoms with Gasteiger partial charge in [0, 0.05) is 10.6 Å². The molecule has 0 aliphatic carbocycles. The molecule has 0 amide bonds. The molecule has 0 aliphatic rings. The van der Waals surface area contributed by atoms with Gasteiger partial charge in [0.2, 0.25) is 0 Å². The van der Waals surface area contributed by atoms with Crippen LogP contribution in [0, 0.1) is 20.8 Å². The molecule has 0 saturated heterocycles. The number of ether oxygens (including phenoxy) is 1. The molecule has 0 aromatic heterocycles. The molecule has 0 bridgehead atoms. The zero-order valence-corrected chi connectivity index (χ0v) is 12.1. The van der Waals surface area contributed by atoms with Crippen LogP contribution < -0.4 is 15.4 Å². The minimum atomic E-state index is 0.0294. The molecule has 1 aromatic carbocycles. The molecule has 2 N–H and O–H groups in total. The van der Waals surface area contributed by atoms with Crippen LogP contribution in [0.1, 0.15) is 28.4 Å². The summed E-state index contributed by atoms with van der Waals surface area (Å²) in [5.74, 6) is 0.901. The monoisotopic (exact) mass is 256 g/mol. The Labute approximate surface area is 109 Å². The fraction of sp³-hybridized carbons (Fsp3) is 0.538. The van der Waals surface area contributed by atoms with Gasteiger partial charge in [-0.15, -0.1) is 0 Å². The highest BCUT2D eigenvalue weighted by Crippen LogP contribution is 2.38. The molecule has 0 aliphatic heterocycles. The Morgan fingerprint density at radius 2 is 1.53 bits per heavy atom. The largest absolute Gasteiger partial charge is 0.496 e. The molecule has 1 aromatic rings. The highest BCUT2D eigenvalue weighted by Gasteiger charge is 2.21. The van der Waals surface area contributed by atoms with E-state index in [4.69, 9.17) is 16.3 Å². The van der Waals surface area contributed by atoms with Crippen molar-refractivity contribution < 1.29 is 4.74 Å². The summed E-state index contributed by atoms with van der Waals surface area (Å²) < 4.78 is 5.54. The van der Waals surface area contributed by atoms with Crippen molar-refractivity contribution in [3.05, 3.63) is 27.3 Å². The van der Waals surface area contributed by atoms with E-state index in [2.05, 4.69) is 10.6 Å². The van der Waals surface area contributed by atoms with Crippen molar-refractivity contribution in [3.8, 4) is 5.75 Å². The summed E-state index contributed by atoms with van der Waals surface area (Å²) in [6.07, 6.45) is 0.0294.